The van der Waals surface area contributed by atoms with E-state index in [1.807, 2.05) is 55.5 Å². The van der Waals surface area contributed by atoms with Crippen molar-refractivity contribution in [2.24, 2.45) is 11.8 Å². The molecular weight excluding hydrogens is 364 g/mol. The average molecular weight is 395 g/mol. The monoisotopic (exact) mass is 394 g/mol. The lowest BCUT2D eigenvalue weighted by atomic mass is 9.88. The summed E-state index contributed by atoms with van der Waals surface area (Å²) in [7, 11) is 1.63. The molecule has 29 heavy (non-hydrogen) atoms. The molecule has 2 unspecified atom stereocenters. The Hall–Kier alpha value is -2.82. The highest BCUT2D eigenvalue weighted by Gasteiger charge is 2.40. The normalized spacial score (nSPS) is 18.7. The third-order valence-corrected chi connectivity index (χ3v) is 5.47. The minimum Gasteiger partial charge on any atom is -0.497 e. The van der Waals surface area contributed by atoms with E-state index in [9.17, 15) is 9.59 Å². The standard InChI is InChI=1S/C24H30N2O3/c1-16(2)13-25-23(27)22-15-26(24(28)19-7-5-17(3)6-8-19)14-21(22)18-9-11-20(29-4)12-10-18/h5-12,16,21-22H,13-15H2,1-4H3,(H,25,27). The number of carbonyl (C=O) groups excluding carboxylic acids is 2. The molecule has 1 fully saturated rings. The van der Waals surface area contributed by atoms with E-state index in [2.05, 4.69) is 19.2 Å². The summed E-state index contributed by atoms with van der Waals surface area (Å²) in [6.07, 6.45) is 0. The van der Waals surface area contributed by atoms with Crippen LogP contribution in [-0.4, -0.2) is 43.5 Å². The minimum absolute atomic E-state index is 0.0127. The number of nitrogens with one attached hydrogen (secondary N) is 1. The summed E-state index contributed by atoms with van der Waals surface area (Å²) in [6.45, 7) is 7.73. The van der Waals surface area contributed by atoms with E-state index < -0.39 is 0 Å². The first-order valence-electron chi connectivity index (χ1n) is 10.2. The molecule has 0 bridgehead atoms. The predicted molar refractivity (Wildman–Crippen MR) is 114 cm³/mol. The van der Waals surface area contributed by atoms with Crippen molar-refractivity contribution >= 4 is 11.8 Å². The fourth-order valence-corrected chi connectivity index (χ4v) is 3.74. The fourth-order valence-electron chi connectivity index (χ4n) is 3.74. The Morgan fingerprint density at radius 1 is 1.07 bits per heavy atom. The minimum atomic E-state index is -0.267. The zero-order valence-corrected chi connectivity index (χ0v) is 17.6. The maximum Gasteiger partial charge on any atom is 0.253 e. The number of carbonyl (C=O) groups is 2. The molecule has 1 N–H and O–H groups in total. The molecule has 5 heteroatoms. The van der Waals surface area contributed by atoms with Gasteiger partial charge in [0.2, 0.25) is 5.91 Å². The van der Waals surface area contributed by atoms with Gasteiger partial charge in [0.15, 0.2) is 0 Å². The van der Waals surface area contributed by atoms with Crippen LogP contribution in [-0.2, 0) is 4.79 Å². The molecule has 1 saturated heterocycles. The Morgan fingerprint density at radius 2 is 1.72 bits per heavy atom. The predicted octanol–water partition coefficient (Wildman–Crippen LogP) is 3.63. The number of methoxy groups -OCH3 is 1. The van der Waals surface area contributed by atoms with Gasteiger partial charge in [0.1, 0.15) is 5.75 Å². The van der Waals surface area contributed by atoms with Gasteiger partial charge in [-0.1, -0.05) is 43.7 Å². The van der Waals surface area contributed by atoms with Gasteiger partial charge >= 0.3 is 0 Å². The molecule has 2 atom stereocenters. The Labute approximate surface area is 173 Å². The fraction of sp³-hybridized carbons (Fsp3) is 0.417. The van der Waals surface area contributed by atoms with Crippen LogP contribution in [0.2, 0.25) is 0 Å². The van der Waals surface area contributed by atoms with Crippen LogP contribution >= 0.6 is 0 Å². The molecule has 5 nitrogen and oxygen atoms in total. The van der Waals surface area contributed by atoms with Crippen molar-refractivity contribution in [2.45, 2.75) is 26.7 Å². The summed E-state index contributed by atoms with van der Waals surface area (Å²) in [5.41, 5.74) is 2.83. The van der Waals surface area contributed by atoms with Gasteiger partial charge in [0.05, 0.1) is 13.0 Å². The van der Waals surface area contributed by atoms with Gasteiger partial charge in [-0.2, -0.15) is 0 Å². The van der Waals surface area contributed by atoms with Crippen molar-refractivity contribution in [3.05, 3.63) is 65.2 Å². The Bertz CT molecular complexity index is 843. The van der Waals surface area contributed by atoms with E-state index in [1.54, 1.807) is 12.0 Å². The van der Waals surface area contributed by atoms with E-state index >= 15 is 0 Å². The second kappa shape index (κ2) is 9.12. The van der Waals surface area contributed by atoms with Crippen LogP contribution in [0.3, 0.4) is 0 Å². The van der Waals surface area contributed by atoms with Crippen molar-refractivity contribution in [2.75, 3.05) is 26.7 Å². The highest BCUT2D eigenvalue weighted by atomic mass is 16.5. The van der Waals surface area contributed by atoms with E-state index in [0.717, 1.165) is 16.9 Å². The molecular formula is C24H30N2O3. The van der Waals surface area contributed by atoms with E-state index in [0.29, 0.717) is 31.1 Å². The van der Waals surface area contributed by atoms with Gasteiger partial charge in [-0.15, -0.1) is 0 Å². The van der Waals surface area contributed by atoms with Crippen LogP contribution in [0.1, 0.15) is 41.3 Å². The van der Waals surface area contributed by atoms with Crippen molar-refractivity contribution in [1.29, 1.82) is 0 Å². The lowest BCUT2D eigenvalue weighted by Gasteiger charge is -2.19. The van der Waals surface area contributed by atoms with Gasteiger partial charge in [-0.3, -0.25) is 9.59 Å². The number of hydrogen-bond acceptors (Lipinski definition) is 3. The molecule has 2 aromatic carbocycles. The average Bonchev–Trinajstić information content (AvgIpc) is 3.17. The van der Waals surface area contributed by atoms with E-state index in [1.165, 1.54) is 0 Å². The summed E-state index contributed by atoms with van der Waals surface area (Å²) in [6, 6.07) is 15.4. The van der Waals surface area contributed by atoms with Crippen molar-refractivity contribution in [3.8, 4) is 5.75 Å². The summed E-state index contributed by atoms with van der Waals surface area (Å²) < 4.78 is 5.25. The Kier molecular flexibility index (Phi) is 6.57. The quantitative estimate of drug-likeness (QED) is 0.814. The van der Waals surface area contributed by atoms with Crippen molar-refractivity contribution in [3.63, 3.8) is 0 Å². The third kappa shape index (κ3) is 4.97. The number of benzene rings is 2. The molecule has 1 aliphatic heterocycles. The lowest BCUT2D eigenvalue weighted by Crippen LogP contribution is -2.37. The molecule has 1 aliphatic rings. The smallest absolute Gasteiger partial charge is 0.253 e. The summed E-state index contributed by atoms with van der Waals surface area (Å²) in [4.78, 5) is 27.8. The van der Waals surface area contributed by atoms with E-state index in [4.69, 9.17) is 4.74 Å². The maximum atomic E-state index is 13.0. The highest BCUT2D eigenvalue weighted by Crippen LogP contribution is 2.34. The maximum absolute atomic E-state index is 13.0. The second-order valence-corrected chi connectivity index (χ2v) is 8.20. The Balaban J connectivity index is 1.83. The van der Waals surface area contributed by atoms with Crippen molar-refractivity contribution in [1.82, 2.24) is 10.2 Å². The molecule has 0 saturated carbocycles. The topological polar surface area (TPSA) is 58.6 Å². The number of rotatable bonds is 6. The first-order chi connectivity index (χ1) is 13.9. The lowest BCUT2D eigenvalue weighted by molar-refractivity contribution is -0.125. The van der Waals surface area contributed by atoms with Gasteiger partial charge in [0, 0.05) is 31.1 Å². The number of ether oxygens (including phenoxy) is 1. The highest BCUT2D eigenvalue weighted by molar-refractivity contribution is 5.95. The zero-order chi connectivity index (χ0) is 21.0. The SMILES string of the molecule is COc1ccc(C2CN(C(=O)c3ccc(C)cc3)CC2C(=O)NCC(C)C)cc1. The molecule has 1 heterocycles. The third-order valence-electron chi connectivity index (χ3n) is 5.47. The molecule has 0 spiro atoms. The van der Waals surface area contributed by atoms with Crippen LogP contribution in [0.5, 0.6) is 5.75 Å². The zero-order valence-electron chi connectivity index (χ0n) is 17.6. The van der Waals surface area contributed by atoms with Crippen LogP contribution in [0, 0.1) is 18.8 Å². The summed E-state index contributed by atoms with van der Waals surface area (Å²) >= 11 is 0. The molecule has 154 valence electrons. The van der Waals surface area contributed by atoms with Crippen LogP contribution in [0.25, 0.3) is 0 Å². The molecule has 3 rings (SSSR count). The first-order valence-corrected chi connectivity index (χ1v) is 10.2. The molecule has 2 amide bonds. The first kappa shape index (κ1) is 20.9. The summed E-state index contributed by atoms with van der Waals surface area (Å²) in [5, 5.41) is 3.05. The number of likely N-dealkylation sites (tertiary alicyclic amines) is 1. The molecule has 2 aromatic rings. The van der Waals surface area contributed by atoms with Crippen molar-refractivity contribution < 1.29 is 14.3 Å². The van der Waals surface area contributed by atoms with Crippen LogP contribution in [0.15, 0.2) is 48.5 Å². The second-order valence-electron chi connectivity index (χ2n) is 8.20. The van der Waals surface area contributed by atoms with Crippen LogP contribution in [0.4, 0.5) is 0 Å². The number of nitrogens with zero attached hydrogens (tertiary/aromatic N) is 1. The van der Waals surface area contributed by atoms with Gasteiger partial charge < -0.3 is 15.0 Å². The van der Waals surface area contributed by atoms with Gasteiger partial charge in [-0.25, -0.2) is 0 Å². The van der Waals surface area contributed by atoms with Gasteiger partial charge in [-0.05, 0) is 42.7 Å². The largest absolute Gasteiger partial charge is 0.497 e. The number of amides is 2. The summed E-state index contributed by atoms with van der Waals surface area (Å²) in [5.74, 6) is 0.839. The number of aryl methyl sites for hydroxylation is 1. The Morgan fingerprint density at radius 3 is 2.31 bits per heavy atom. The molecule has 0 aliphatic carbocycles. The molecule has 0 aromatic heterocycles. The number of hydrogen-bond donors (Lipinski definition) is 1. The molecule has 0 radical (unpaired) electrons. The van der Waals surface area contributed by atoms with E-state index in [-0.39, 0.29) is 23.7 Å². The van der Waals surface area contributed by atoms with Crippen LogP contribution < -0.4 is 10.1 Å². The van der Waals surface area contributed by atoms with Gasteiger partial charge in [0.25, 0.3) is 5.91 Å².